The molecule has 1 aromatic rings. The predicted molar refractivity (Wildman–Crippen MR) is 80.4 cm³/mol. The van der Waals surface area contributed by atoms with E-state index in [9.17, 15) is 0 Å². The van der Waals surface area contributed by atoms with E-state index >= 15 is 0 Å². The molecular formula is C16H26N2O. The van der Waals surface area contributed by atoms with Crippen molar-refractivity contribution >= 4 is 5.69 Å². The minimum absolute atomic E-state index is 0.251. The van der Waals surface area contributed by atoms with E-state index in [-0.39, 0.29) is 6.61 Å². The van der Waals surface area contributed by atoms with Crippen LogP contribution in [0.4, 0.5) is 5.69 Å². The van der Waals surface area contributed by atoms with Crippen LogP contribution in [0.5, 0.6) is 0 Å². The van der Waals surface area contributed by atoms with E-state index < -0.39 is 0 Å². The number of aliphatic hydroxyl groups excluding tert-OH is 1. The molecule has 3 heteroatoms. The van der Waals surface area contributed by atoms with Crippen LogP contribution in [0, 0.1) is 5.92 Å². The minimum Gasteiger partial charge on any atom is -0.396 e. The molecule has 1 aromatic carbocycles. The maximum Gasteiger partial charge on any atom is 0.0445 e. The van der Waals surface area contributed by atoms with Gasteiger partial charge in [0.05, 0.1) is 0 Å². The van der Waals surface area contributed by atoms with Crippen molar-refractivity contribution in [2.75, 3.05) is 18.5 Å². The van der Waals surface area contributed by atoms with Crippen molar-refractivity contribution in [3.63, 3.8) is 0 Å². The van der Waals surface area contributed by atoms with E-state index in [0.717, 1.165) is 19.5 Å². The minimum atomic E-state index is 0.251. The van der Waals surface area contributed by atoms with Gasteiger partial charge >= 0.3 is 0 Å². The number of fused-ring (bicyclic) bond motifs is 1. The second kappa shape index (κ2) is 6.92. The number of nitrogens with one attached hydrogen (secondary N) is 2. The highest BCUT2D eigenvalue weighted by Crippen LogP contribution is 2.26. The smallest absolute Gasteiger partial charge is 0.0445 e. The standard InChI is InChI=1S/C16H26N2O/c1-12(2)15(8-10-19)18-11-14-6-3-5-13-7-4-9-17-16(13)14/h3,5-6,12,15,17-19H,4,7-11H2,1-2H3. The van der Waals surface area contributed by atoms with Crippen molar-refractivity contribution in [2.24, 2.45) is 5.92 Å². The molecule has 3 nitrogen and oxygen atoms in total. The van der Waals surface area contributed by atoms with Gasteiger partial charge in [0.1, 0.15) is 0 Å². The molecule has 19 heavy (non-hydrogen) atoms. The Morgan fingerprint density at radius 1 is 1.37 bits per heavy atom. The van der Waals surface area contributed by atoms with Gasteiger partial charge in [-0.15, -0.1) is 0 Å². The Kier molecular flexibility index (Phi) is 5.23. The molecule has 0 bridgehead atoms. The van der Waals surface area contributed by atoms with Gasteiger partial charge in [-0.25, -0.2) is 0 Å². The Labute approximate surface area is 116 Å². The zero-order chi connectivity index (χ0) is 13.7. The second-order valence-electron chi connectivity index (χ2n) is 5.73. The number of hydrogen-bond acceptors (Lipinski definition) is 3. The molecule has 0 amide bonds. The number of benzene rings is 1. The van der Waals surface area contributed by atoms with E-state index in [1.807, 2.05) is 0 Å². The molecule has 0 radical (unpaired) electrons. The van der Waals surface area contributed by atoms with Crippen molar-refractivity contribution in [3.8, 4) is 0 Å². The number of aliphatic hydroxyl groups is 1. The topological polar surface area (TPSA) is 44.3 Å². The summed E-state index contributed by atoms with van der Waals surface area (Å²) in [6.45, 7) is 6.60. The highest BCUT2D eigenvalue weighted by Gasteiger charge is 2.15. The fourth-order valence-corrected chi connectivity index (χ4v) is 2.78. The van der Waals surface area contributed by atoms with Crippen LogP contribution in [0.2, 0.25) is 0 Å². The van der Waals surface area contributed by atoms with Crippen LogP contribution in [0.15, 0.2) is 18.2 Å². The number of para-hydroxylation sites is 1. The van der Waals surface area contributed by atoms with E-state index in [0.29, 0.717) is 12.0 Å². The van der Waals surface area contributed by atoms with Crippen molar-refractivity contribution in [1.82, 2.24) is 5.32 Å². The average Bonchev–Trinajstić information content (AvgIpc) is 2.43. The van der Waals surface area contributed by atoms with Gasteiger partial charge in [0.2, 0.25) is 0 Å². The van der Waals surface area contributed by atoms with E-state index in [1.54, 1.807) is 0 Å². The third kappa shape index (κ3) is 3.71. The Bertz CT molecular complexity index is 404. The lowest BCUT2D eigenvalue weighted by Gasteiger charge is -2.25. The Morgan fingerprint density at radius 2 is 2.21 bits per heavy atom. The summed E-state index contributed by atoms with van der Waals surface area (Å²) < 4.78 is 0. The molecule has 0 aliphatic carbocycles. The zero-order valence-electron chi connectivity index (χ0n) is 12.1. The first-order chi connectivity index (χ1) is 9.22. The average molecular weight is 262 g/mol. The molecule has 0 aromatic heterocycles. The maximum atomic E-state index is 9.12. The quantitative estimate of drug-likeness (QED) is 0.738. The molecule has 1 unspecified atom stereocenters. The lowest BCUT2D eigenvalue weighted by atomic mass is 9.98. The third-order valence-electron chi connectivity index (χ3n) is 3.96. The molecule has 1 aliphatic heterocycles. The van der Waals surface area contributed by atoms with Crippen molar-refractivity contribution in [2.45, 2.75) is 45.7 Å². The van der Waals surface area contributed by atoms with Crippen LogP contribution in [0.1, 0.15) is 37.8 Å². The number of aryl methyl sites for hydroxylation is 1. The summed E-state index contributed by atoms with van der Waals surface area (Å²) in [5.74, 6) is 0.541. The Morgan fingerprint density at radius 3 is 2.95 bits per heavy atom. The van der Waals surface area contributed by atoms with Gasteiger partial charge in [-0.2, -0.15) is 0 Å². The first-order valence-electron chi connectivity index (χ1n) is 7.41. The molecule has 0 spiro atoms. The van der Waals surface area contributed by atoms with Crippen LogP contribution >= 0.6 is 0 Å². The molecule has 3 N–H and O–H groups in total. The second-order valence-corrected chi connectivity index (χ2v) is 5.73. The molecule has 1 atom stereocenters. The van der Waals surface area contributed by atoms with E-state index in [4.69, 9.17) is 5.11 Å². The number of rotatable bonds is 6. The Balaban J connectivity index is 2.02. The van der Waals surface area contributed by atoms with Gasteiger partial charge in [0.15, 0.2) is 0 Å². The fraction of sp³-hybridized carbons (Fsp3) is 0.625. The molecule has 2 rings (SSSR count). The molecule has 0 saturated heterocycles. The van der Waals surface area contributed by atoms with Crippen LogP contribution in [-0.4, -0.2) is 24.3 Å². The normalized spacial score (nSPS) is 16.0. The maximum absolute atomic E-state index is 9.12. The summed E-state index contributed by atoms with van der Waals surface area (Å²) in [6.07, 6.45) is 3.23. The van der Waals surface area contributed by atoms with Gasteiger partial charge in [-0.1, -0.05) is 32.0 Å². The molecular weight excluding hydrogens is 236 g/mol. The zero-order valence-corrected chi connectivity index (χ0v) is 12.1. The molecule has 106 valence electrons. The molecule has 1 heterocycles. The first kappa shape index (κ1) is 14.4. The molecule has 1 aliphatic rings. The van der Waals surface area contributed by atoms with E-state index in [2.05, 4.69) is 42.7 Å². The summed E-state index contributed by atoms with van der Waals surface area (Å²) in [7, 11) is 0. The summed E-state index contributed by atoms with van der Waals surface area (Å²) in [5, 5.41) is 16.2. The fourth-order valence-electron chi connectivity index (χ4n) is 2.78. The lowest BCUT2D eigenvalue weighted by Crippen LogP contribution is -2.34. The summed E-state index contributed by atoms with van der Waals surface area (Å²) >= 11 is 0. The van der Waals surface area contributed by atoms with Crippen LogP contribution in [-0.2, 0) is 13.0 Å². The van der Waals surface area contributed by atoms with Crippen molar-refractivity contribution in [3.05, 3.63) is 29.3 Å². The van der Waals surface area contributed by atoms with Gasteiger partial charge in [-0.05, 0) is 36.3 Å². The molecule has 0 saturated carbocycles. The van der Waals surface area contributed by atoms with Gasteiger partial charge in [-0.3, -0.25) is 0 Å². The number of hydrogen-bond donors (Lipinski definition) is 3. The van der Waals surface area contributed by atoms with Crippen LogP contribution in [0.3, 0.4) is 0 Å². The number of anilines is 1. The van der Waals surface area contributed by atoms with Crippen LogP contribution in [0.25, 0.3) is 0 Å². The van der Waals surface area contributed by atoms with Crippen molar-refractivity contribution < 1.29 is 5.11 Å². The highest BCUT2D eigenvalue weighted by atomic mass is 16.3. The van der Waals surface area contributed by atoms with Gasteiger partial charge in [0.25, 0.3) is 0 Å². The van der Waals surface area contributed by atoms with Gasteiger partial charge in [0, 0.05) is 31.4 Å². The largest absolute Gasteiger partial charge is 0.396 e. The Hall–Kier alpha value is -1.06. The predicted octanol–water partition coefficient (Wildman–Crippen LogP) is 2.54. The van der Waals surface area contributed by atoms with Crippen LogP contribution < -0.4 is 10.6 Å². The summed E-state index contributed by atoms with van der Waals surface area (Å²) in [5.41, 5.74) is 4.11. The van der Waals surface area contributed by atoms with E-state index in [1.165, 1.54) is 29.7 Å². The highest BCUT2D eigenvalue weighted by molar-refractivity contribution is 5.59. The monoisotopic (exact) mass is 262 g/mol. The van der Waals surface area contributed by atoms with Gasteiger partial charge < -0.3 is 15.7 Å². The summed E-state index contributed by atoms with van der Waals surface area (Å²) in [6, 6.07) is 6.95. The lowest BCUT2D eigenvalue weighted by molar-refractivity contribution is 0.244. The third-order valence-corrected chi connectivity index (χ3v) is 3.96. The summed E-state index contributed by atoms with van der Waals surface area (Å²) in [4.78, 5) is 0. The molecule has 0 fully saturated rings. The van der Waals surface area contributed by atoms with Crippen molar-refractivity contribution in [1.29, 1.82) is 0 Å². The SMILES string of the molecule is CC(C)C(CCO)NCc1cccc2c1NCCC2. The first-order valence-corrected chi connectivity index (χ1v) is 7.41.